The third kappa shape index (κ3) is 7.79. The monoisotopic (exact) mass is 581 g/mol. The Labute approximate surface area is 227 Å². The van der Waals surface area contributed by atoms with Crippen LogP contribution < -0.4 is 19.5 Å². The Morgan fingerprint density at radius 1 is 1.10 bits per heavy atom. The van der Waals surface area contributed by atoms with E-state index < -0.39 is 45.3 Å². The first-order valence-corrected chi connectivity index (χ1v) is 13.9. The van der Waals surface area contributed by atoms with Crippen LogP contribution in [0.5, 0.6) is 11.8 Å². The Kier molecular flexibility index (Phi) is 8.16. The van der Waals surface area contributed by atoms with Crippen LogP contribution in [0.25, 0.3) is 11.3 Å². The molecule has 0 saturated heterocycles. The number of aromatic nitrogens is 3. The van der Waals surface area contributed by atoms with Gasteiger partial charge in [0.15, 0.2) is 0 Å². The number of amides is 1. The maximum Gasteiger partial charge on any atom is 0.438 e. The van der Waals surface area contributed by atoms with Crippen molar-refractivity contribution in [3.8, 4) is 23.0 Å². The molecule has 3 aromatic rings. The van der Waals surface area contributed by atoms with Crippen molar-refractivity contribution < 1.29 is 41.0 Å². The molecule has 1 unspecified atom stereocenters. The van der Waals surface area contributed by atoms with Crippen LogP contribution in [0.15, 0.2) is 48.7 Å². The number of carbonyl (C=O) groups is 1. The molecule has 1 saturated carbocycles. The van der Waals surface area contributed by atoms with Gasteiger partial charge < -0.3 is 19.9 Å². The zero-order valence-corrected chi connectivity index (χ0v) is 22.2. The Morgan fingerprint density at radius 3 is 2.38 bits per heavy atom. The van der Waals surface area contributed by atoms with E-state index in [4.69, 9.17) is 9.47 Å². The number of hydrogen-bond donors (Lipinski definition) is 3. The Hall–Kier alpha value is -3.98. The summed E-state index contributed by atoms with van der Waals surface area (Å²) in [4.78, 5) is 24.0. The summed E-state index contributed by atoms with van der Waals surface area (Å²) in [7, 11) is -3.58. The molecule has 1 fully saturated rings. The number of alkyl halides is 3. The van der Waals surface area contributed by atoms with Gasteiger partial charge in [-0.25, -0.2) is 23.2 Å². The lowest BCUT2D eigenvalue weighted by Crippen LogP contribution is -2.43. The zero-order chi connectivity index (χ0) is 29.1. The average Bonchev–Trinajstić information content (AvgIpc) is 3.73. The molecule has 0 radical (unpaired) electrons. The van der Waals surface area contributed by atoms with E-state index in [2.05, 4.69) is 25.0 Å². The van der Waals surface area contributed by atoms with Gasteiger partial charge in [0, 0.05) is 24.0 Å². The van der Waals surface area contributed by atoms with Crippen molar-refractivity contribution in [3.63, 3.8) is 0 Å². The van der Waals surface area contributed by atoms with Crippen molar-refractivity contribution in [1.29, 1.82) is 0 Å². The van der Waals surface area contributed by atoms with Gasteiger partial charge in [0.2, 0.25) is 21.6 Å². The summed E-state index contributed by atoms with van der Waals surface area (Å²) in [5, 5.41) is 12.7. The first-order chi connectivity index (χ1) is 18.7. The molecule has 15 heteroatoms. The standard InChI is InChI=1S/C25H26F3N5O6S/c1-24(35,16-8-9-16)14-30-23(34)39-22-20(25(26,27)28)32-21(38-13-18-5-3-4-12-29-18)19(31-22)15-6-10-17(11-7-15)33-40(2,36)37/h3-7,10-12,16,33,35H,8-9,13-14H2,1-2H3,(H,30,34). The average molecular weight is 582 g/mol. The van der Waals surface area contributed by atoms with Gasteiger partial charge in [0.05, 0.1) is 17.6 Å². The second-order valence-electron chi connectivity index (χ2n) is 9.46. The minimum Gasteiger partial charge on any atom is -0.470 e. The van der Waals surface area contributed by atoms with Gasteiger partial charge in [0.25, 0.3) is 5.88 Å². The van der Waals surface area contributed by atoms with Crippen LogP contribution in [0.4, 0.5) is 23.7 Å². The van der Waals surface area contributed by atoms with Crippen LogP contribution in [0, 0.1) is 5.92 Å². The largest absolute Gasteiger partial charge is 0.470 e. The molecule has 2 aromatic heterocycles. The molecule has 1 atom stereocenters. The number of benzene rings is 1. The van der Waals surface area contributed by atoms with Gasteiger partial charge in [-0.05, 0) is 49.9 Å². The van der Waals surface area contributed by atoms with Crippen LogP contribution in [-0.4, -0.2) is 53.0 Å². The highest BCUT2D eigenvalue weighted by Crippen LogP contribution is 2.40. The van der Waals surface area contributed by atoms with Gasteiger partial charge in [0.1, 0.15) is 12.3 Å². The molecule has 214 valence electrons. The Morgan fingerprint density at radius 2 is 1.80 bits per heavy atom. The fourth-order valence-electron chi connectivity index (χ4n) is 3.71. The summed E-state index contributed by atoms with van der Waals surface area (Å²) in [6, 6.07) is 10.4. The summed E-state index contributed by atoms with van der Waals surface area (Å²) in [6.45, 7) is 1.03. The van der Waals surface area contributed by atoms with E-state index in [0.717, 1.165) is 19.1 Å². The lowest BCUT2D eigenvalue weighted by Gasteiger charge is -2.23. The van der Waals surface area contributed by atoms with Crippen molar-refractivity contribution in [1.82, 2.24) is 20.3 Å². The molecule has 2 heterocycles. The number of nitrogens with one attached hydrogen (secondary N) is 2. The lowest BCUT2D eigenvalue weighted by molar-refractivity contribution is -0.142. The number of anilines is 1. The molecule has 4 rings (SSSR count). The molecule has 1 aromatic carbocycles. The molecule has 0 spiro atoms. The summed E-state index contributed by atoms with van der Waals surface area (Å²) >= 11 is 0. The first-order valence-electron chi connectivity index (χ1n) is 12.0. The Bertz CT molecular complexity index is 1460. The maximum atomic E-state index is 14.0. The molecule has 3 N–H and O–H groups in total. The molecular weight excluding hydrogens is 555 g/mol. The maximum absolute atomic E-state index is 14.0. The zero-order valence-electron chi connectivity index (χ0n) is 21.4. The van der Waals surface area contributed by atoms with E-state index in [-0.39, 0.29) is 36.0 Å². The number of carbonyl (C=O) groups excluding carboxylic acids is 1. The number of ether oxygens (including phenoxy) is 2. The van der Waals surface area contributed by atoms with Crippen molar-refractivity contribution in [2.24, 2.45) is 5.92 Å². The molecule has 40 heavy (non-hydrogen) atoms. The van der Waals surface area contributed by atoms with E-state index >= 15 is 0 Å². The predicted octanol–water partition coefficient (Wildman–Crippen LogP) is 3.76. The summed E-state index contributed by atoms with van der Waals surface area (Å²) in [5.74, 6) is -1.68. The van der Waals surface area contributed by atoms with E-state index in [9.17, 15) is 31.5 Å². The molecular formula is C25H26F3N5O6S. The van der Waals surface area contributed by atoms with E-state index in [0.29, 0.717) is 5.69 Å². The molecule has 1 amide bonds. The van der Waals surface area contributed by atoms with Crippen LogP contribution in [0.1, 0.15) is 31.2 Å². The highest BCUT2D eigenvalue weighted by molar-refractivity contribution is 7.92. The highest BCUT2D eigenvalue weighted by atomic mass is 32.2. The van der Waals surface area contributed by atoms with Gasteiger partial charge in [-0.15, -0.1) is 0 Å². The minimum absolute atomic E-state index is 0.0272. The fraction of sp³-hybridized carbons (Fsp3) is 0.360. The third-order valence-electron chi connectivity index (χ3n) is 5.88. The minimum atomic E-state index is -5.08. The van der Waals surface area contributed by atoms with Crippen molar-refractivity contribution in [2.75, 3.05) is 17.5 Å². The Balaban J connectivity index is 1.69. The quantitative estimate of drug-likeness (QED) is 0.325. The van der Waals surface area contributed by atoms with Crippen LogP contribution in [0.3, 0.4) is 0 Å². The van der Waals surface area contributed by atoms with Crippen LogP contribution in [0.2, 0.25) is 0 Å². The highest BCUT2D eigenvalue weighted by Gasteiger charge is 2.42. The lowest BCUT2D eigenvalue weighted by atomic mass is 10.0. The van der Waals surface area contributed by atoms with Crippen molar-refractivity contribution >= 4 is 21.8 Å². The molecule has 1 aliphatic carbocycles. The number of hydrogen-bond acceptors (Lipinski definition) is 9. The SMILES string of the molecule is CC(O)(CNC(=O)Oc1nc(-c2ccc(NS(C)(=O)=O)cc2)c(OCc2ccccn2)nc1C(F)(F)F)C1CC1. The van der Waals surface area contributed by atoms with Crippen LogP contribution >= 0.6 is 0 Å². The smallest absolute Gasteiger partial charge is 0.438 e. The normalized spacial score (nSPS) is 15.2. The number of aliphatic hydroxyl groups is 1. The second kappa shape index (κ2) is 11.3. The molecule has 11 nitrogen and oxygen atoms in total. The fourth-order valence-corrected chi connectivity index (χ4v) is 4.27. The van der Waals surface area contributed by atoms with Gasteiger partial charge in [-0.2, -0.15) is 13.2 Å². The summed E-state index contributed by atoms with van der Waals surface area (Å²) in [5.41, 5.74) is -2.26. The van der Waals surface area contributed by atoms with Gasteiger partial charge >= 0.3 is 12.3 Å². The van der Waals surface area contributed by atoms with Gasteiger partial charge in [-0.3, -0.25) is 9.71 Å². The number of halogens is 3. The summed E-state index contributed by atoms with van der Waals surface area (Å²) in [6.07, 6.45) is -2.35. The predicted molar refractivity (Wildman–Crippen MR) is 137 cm³/mol. The number of nitrogens with zero attached hydrogens (tertiary/aromatic N) is 3. The summed E-state index contributed by atoms with van der Waals surface area (Å²) < 4.78 is 77.8. The third-order valence-corrected chi connectivity index (χ3v) is 6.49. The molecule has 0 bridgehead atoms. The molecule has 0 aliphatic heterocycles. The topological polar surface area (TPSA) is 153 Å². The number of sulfonamides is 1. The second-order valence-corrected chi connectivity index (χ2v) is 11.2. The first kappa shape index (κ1) is 29.0. The number of pyridine rings is 1. The van der Waals surface area contributed by atoms with Crippen molar-refractivity contribution in [3.05, 3.63) is 60.0 Å². The van der Waals surface area contributed by atoms with E-state index in [1.807, 2.05) is 0 Å². The van der Waals surface area contributed by atoms with Crippen molar-refractivity contribution in [2.45, 2.75) is 38.1 Å². The molecule has 1 aliphatic rings. The van der Waals surface area contributed by atoms with Crippen LogP contribution in [-0.2, 0) is 22.8 Å². The van der Waals surface area contributed by atoms with E-state index in [1.165, 1.54) is 37.4 Å². The van der Waals surface area contributed by atoms with E-state index in [1.54, 1.807) is 18.2 Å². The number of rotatable bonds is 10. The van der Waals surface area contributed by atoms with Gasteiger partial charge in [-0.1, -0.05) is 18.2 Å².